The second-order valence-corrected chi connectivity index (χ2v) is 5.78. The first-order valence-corrected chi connectivity index (χ1v) is 8.54. The largest absolute Gasteiger partial charge is 0.466 e. The summed E-state index contributed by atoms with van der Waals surface area (Å²) in [6.07, 6.45) is 2.12. The third-order valence-electron chi connectivity index (χ3n) is 3.78. The van der Waals surface area contributed by atoms with E-state index in [0.717, 1.165) is 19.4 Å². The van der Waals surface area contributed by atoms with E-state index < -0.39 is 5.97 Å². The van der Waals surface area contributed by atoms with Gasteiger partial charge in [-0.3, -0.25) is 14.4 Å². The van der Waals surface area contributed by atoms with Gasteiger partial charge in [0.2, 0.25) is 5.91 Å². The van der Waals surface area contributed by atoms with Crippen molar-refractivity contribution in [3.8, 4) is 0 Å². The minimum Gasteiger partial charge on any atom is -0.466 e. The molecule has 0 spiro atoms. The van der Waals surface area contributed by atoms with Crippen molar-refractivity contribution >= 4 is 23.5 Å². The van der Waals surface area contributed by atoms with Crippen LogP contribution in [0.1, 0.15) is 43.0 Å². The standard InChI is InChI=1S/C18H24N2O5/c1-2-24-17(22)9-8-16(21)20-14-6-3-5-13(11-14)18(23)19-12-15-7-4-10-25-15/h3,5-6,11,15H,2,4,7-10,12H2,1H3,(H,19,23)(H,20,21). The number of carbonyl (C=O) groups excluding carboxylic acids is 3. The van der Waals surface area contributed by atoms with Crippen LogP contribution in [-0.2, 0) is 19.1 Å². The molecule has 25 heavy (non-hydrogen) atoms. The van der Waals surface area contributed by atoms with E-state index in [1.807, 2.05) is 0 Å². The van der Waals surface area contributed by atoms with E-state index in [9.17, 15) is 14.4 Å². The van der Waals surface area contributed by atoms with Crippen LogP contribution in [0.2, 0.25) is 0 Å². The zero-order valence-corrected chi connectivity index (χ0v) is 14.4. The average Bonchev–Trinajstić information content (AvgIpc) is 3.12. The van der Waals surface area contributed by atoms with Crippen molar-refractivity contribution in [2.45, 2.75) is 38.7 Å². The molecule has 1 aliphatic heterocycles. The van der Waals surface area contributed by atoms with Crippen LogP contribution in [0.3, 0.4) is 0 Å². The summed E-state index contributed by atoms with van der Waals surface area (Å²) in [5, 5.41) is 5.52. The summed E-state index contributed by atoms with van der Waals surface area (Å²) in [7, 11) is 0. The normalized spacial score (nSPS) is 16.3. The molecular weight excluding hydrogens is 324 g/mol. The van der Waals surface area contributed by atoms with Gasteiger partial charge < -0.3 is 20.1 Å². The highest BCUT2D eigenvalue weighted by Gasteiger charge is 2.17. The van der Waals surface area contributed by atoms with Crippen molar-refractivity contribution in [1.82, 2.24) is 5.32 Å². The lowest BCUT2D eigenvalue weighted by Crippen LogP contribution is -2.31. The van der Waals surface area contributed by atoms with Crippen LogP contribution >= 0.6 is 0 Å². The Morgan fingerprint density at radius 1 is 1.28 bits per heavy atom. The molecule has 1 heterocycles. The van der Waals surface area contributed by atoms with Crippen molar-refractivity contribution in [2.75, 3.05) is 25.1 Å². The Labute approximate surface area is 147 Å². The average molecular weight is 348 g/mol. The van der Waals surface area contributed by atoms with Crippen LogP contribution in [0.15, 0.2) is 24.3 Å². The van der Waals surface area contributed by atoms with Gasteiger partial charge in [-0.05, 0) is 38.0 Å². The number of rotatable bonds is 8. The van der Waals surface area contributed by atoms with Crippen molar-refractivity contribution in [2.24, 2.45) is 0 Å². The fourth-order valence-corrected chi connectivity index (χ4v) is 2.52. The van der Waals surface area contributed by atoms with Crippen molar-refractivity contribution in [1.29, 1.82) is 0 Å². The summed E-state index contributed by atoms with van der Waals surface area (Å²) in [5.74, 6) is -0.914. The third kappa shape index (κ3) is 6.54. The van der Waals surface area contributed by atoms with E-state index in [0.29, 0.717) is 24.4 Å². The predicted molar refractivity (Wildman–Crippen MR) is 92.2 cm³/mol. The zero-order chi connectivity index (χ0) is 18.1. The molecule has 1 aliphatic rings. The SMILES string of the molecule is CCOC(=O)CCC(=O)Nc1cccc(C(=O)NCC2CCCO2)c1. The number of hydrogen-bond donors (Lipinski definition) is 2. The topological polar surface area (TPSA) is 93.7 Å². The van der Waals surface area contributed by atoms with Crippen LogP contribution < -0.4 is 10.6 Å². The first-order valence-electron chi connectivity index (χ1n) is 8.54. The smallest absolute Gasteiger partial charge is 0.306 e. The molecule has 0 saturated carbocycles. The minimum atomic E-state index is -0.403. The first kappa shape index (κ1) is 18.9. The van der Waals surface area contributed by atoms with Crippen LogP contribution in [0.25, 0.3) is 0 Å². The Bertz CT molecular complexity index is 611. The summed E-state index contributed by atoms with van der Waals surface area (Å²) in [5.41, 5.74) is 0.972. The summed E-state index contributed by atoms with van der Waals surface area (Å²) >= 11 is 0. The molecule has 0 aliphatic carbocycles. The molecule has 1 aromatic rings. The van der Waals surface area contributed by atoms with Crippen LogP contribution in [0, 0.1) is 0 Å². The fourth-order valence-electron chi connectivity index (χ4n) is 2.52. The maximum atomic E-state index is 12.2. The number of nitrogens with one attached hydrogen (secondary N) is 2. The molecule has 1 saturated heterocycles. The molecular formula is C18H24N2O5. The van der Waals surface area contributed by atoms with Gasteiger partial charge in [-0.1, -0.05) is 6.07 Å². The second-order valence-electron chi connectivity index (χ2n) is 5.78. The van der Waals surface area contributed by atoms with Crippen molar-refractivity contribution in [3.05, 3.63) is 29.8 Å². The van der Waals surface area contributed by atoms with Gasteiger partial charge in [-0.2, -0.15) is 0 Å². The van der Waals surface area contributed by atoms with Gasteiger partial charge in [0.1, 0.15) is 0 Å². The molecule has 0 bridgehead atoms. The first-order chi connectivity index (χ1) is 12.1. The quantitative estimate of drug-likeness (QED) is 0.700. The number of carbonyl (C=O) groups is 3. The number of hydrogen-bond acceptors (Lipinski definition) is 5. The second kappa shape index (κ2) is 9.78. The molecule has 1 aromatic carbocycles. The van der Waals surface area contributed by atoms with Gasteiger partial charge in [0.25, 0.3) is 5.91 Å². The molecule has 2 rings (SSSR count). The van der Waals surface area contributed by atoms with E-state index in [4.69, 9.17) is 9.47 Å². The Morgan fingerprint density at radius 3 is 2.84 bits per heavy atom. The van der Waals surface area contributed by atoms with E-state index in [-0.39, 0.29) is 30.8 Å². The number of amides is 2. The minimum absolute atomic E-state index is 0.0290. The molecule has 7 nitrogen and oxygen atoms in total. The summed E-state index contributed by atoms with van der Waals surface area (Å²) in [6.45, 7) is 3.24. The van der Waals surface area contributed by atoms with E-state index in [1.165, 1.54) is 0 Å². The predicted octanol–water partition coefficient (Wildman–Crippen LogP) is 1.88. The number of benzene rings is 1. The van der Waals surface area contributed by atoms with Crippen LogP contribution in [0.4, 0.5) is 5.69 Å². The van der Waals surface area contributed by atoms with Crippen molar-refractivity contribution in [3.63, 3.8) is 0 Å². The molecule has 136 valence electrons. The highest BCUT2D eigenvalue weighted by atomic mass is 16.5. The van der Waals surface area contributed by atoms with Gasteiger partial charge in [-0.15, -0.1) is 0 Å². The molecule has 1 atom stereocenters. The molecule has 1 fully saturated rings. The lowest BCUT2D eigenvalue weighted by molar-refractivity contribution is -0.144. The summed E-state index contributed by atoms with van der Waals surface area (Å²) < 4.78 is 10.2. The Kier molecular flexibility index (Phi) is 7.40. The Hall–Kier alpha value is -2.41. The molecule has 2 N–H and O–H groups in total. The molecule has 0 aromatic heterocycles. The van der Waals surface area contributed by atoms with Gasteiger partial charge in [0.15, 0.2) is 0 Å². The molecule has 2 amide bonds. The number of ether oxygens (including phenoxy) is 2. The molecule has 7 heteroatoms. The number of esters is 1. The van der Waals surface area contributed by atoms with Gasteiger partial charge >= 0.3 is 5.97 Å². The van der Waals surface area contributed by atoms with E-state index in [2.05, 4.69) is 10.6 Å². The van der Waals surface area contributed by atoms with Crippen LogP contribution in [0.5, 0.6) is 0 Å². The Morgan fingerprint density at radius 2 is 2.12 bits per heavy atom. The Balaban J connectivity index is 1.81. The van der Waals surface area contributed by atoms with Gasteiger partial charge in [0.05, 0.1) is 19.1 Å². The van der Waals surface area contributed by atoms with E-state index in [1.54, 1.807) is 31.2 Å². The van der Waals surface area contributed by atoms with E-state index >= 15 is 0 Å². The highest BCUT2D eigenvalue weighted by Crippen LogP contribution is 2.13. The number of anilines is 1. The monoisotopic (exact) mass is 348 g/mol. The lowest BCUT2D eigenvalue weighted by atomic mass is 10.1. The van der Waals surface area contributed by atoms with Crippen LogP contribution in [-0.4, -0.2) is 43.6 Å². The molecule has 0 radical (unpaired) electrons. The van der Waals surface area contributed by atoms with Gasteiger partial charge in [-0.25, -0.2) is 0 Å². The lowest BCUT2D eigenvalue weighted by Gasteiger charge is -2.11. The molecule has 1 unspecified atom stereocenters. The summed E-state index contributed by atoms with van der Waals surface area (Å²) in [6, 6.07) is 6.67. The highest BCUT2D eigenvalue weighted by molar-refractivity contribution is 5.97. The van der Waals surface area contributed by atoms with Crippen molar-refractivity contribution < 1.29 is 23.9 Å². The zero-order valence-electron chi connectivity index (χ0n) is 14.4. The third-order valence-corrected chi connectivity index (χ3v) is 3.78. The fraction of sp³-hybridized carbons (Fsp3) is 0.500. The maximum Gasteiger partial charge on any atom is 0.306 e. The maximum absolute atomic E-state index is 12.2. The van der Waals surface area contributed by atoms with Gasteiger partial charge in [0, 0.05) is 30.8 Å². The summed E-state index contributed by atoms with van der Waals surface area (Å²) in [4.78, 5) is 35.3.